The summed E-state index contributed by atoms with van der Waals surface area (Å²) in [5.74, 6) is -0.211. The largest absolute Gasteiger partial charge is 0.497 e. The fourth-order valence-corrected chi connectivity index (χ4v) is 5.52. The molecule has 0 spiro atoms. The number of hydrogen-bond donors (Lipinski definition) is 1. The Labute approximate surface area is 236 Å². The van der Waals surface area contributed by atoms with E-state index in [2.05, 4.69) is 15.3 Å². The molecular formula is C27H24Cl2F3N5O3. The number of fused-ring (bicyclic) bond motifs is 1. The van der Waals surface area contributed by atoms with Gasteiger partial charge in [-0.3, -0.25) is 18.9 Å². The van der Waals surface area contributed by atoms with E-state index < -0.39 is 23.3 Å². The molecule has 210 valence electrons. The predicted octanol–water partition coefficient (Wildman–Crippen LogP) is 5.91. The van der Waals surface area contributed by atoms with Gasteiger partial charge in [-0.1, -0.05) is 23.2 Å². The van der Waals surface area contributed by atoms with E-state index in [0.717, 1.165) is 12.3 Å². The first-order chi connectivity index (χ1) is 19.1. The van der Waals surface area contributed by atoms with E-state index in [0.29, 0.717) is 59.7 Å². The van der Waals surface area contributed by atoms with Crippen LogP contribution < -0.4 is 15.7 Å². The number of nitrogens with one attached hydrogen (secondary N) is 1. The summed E-state index contributed by atoms with van der Waals surface area (Å²) in [5.41, 5.74) is -0.387. The van der Waals surface area contributed by atoms with E-state index in [9.17, 15) is 22.8 Å². The summed E-state index contributed by atoms with van der Waals surface area (Å²) in [6.07, 6.45) is 1.71. The summed E-state index contributed by atoms with van der Waals surface area (Å²) >= 11 is 12.3. The highest BCUT2D eigenvalue weighted by atomic mass is 35.5. The fourth-order valence-electron chi connectivity index (χ4n) is 5.16. The van der Waals surface area contributed by atoms with Gasteiger partial charge in [-0.15, -0.1) is 0 Å². The number of methoxy groups -OCH3 is 1. The summed E-state index contributed by atoms with van der Waals surface area (Å²) in [5, 5.41) is 3.02. The summed E-state index contributed by atoms with van der Waals surface area (Å²) in [6, 6.07) is 7.48. The minimum atomic E-state index is -4.79. The van der Waals surface area contributed by atoms with Gasteiger partial charge in [0.15, 0.2) is 5.69 Å². The van der Waals surface area contributed by atoms with Crippen molar-refractivity contribution in [3.8, 4) is 11.4 Å². The van der Waals surface area contributed by atoms with Gasteiger partial charge in [-0.25, -0.2) is 9.78 Å². The Morgan fingerprint density at radius 3 is 2.55 bits per heavy atom. The average Bonchev–Trinajstić information content (AvgIpc) is 3.20. The summed E-state index contributed by atoms with van der Waals surface area (Å²) in [7, 11) is 1.53. The first kappa shape index (κ1) is 28.0. The molecule has 1 aliphatic rings. The maximum Gasteiger partial charge on any atom is 0.434 e. The number of nitrogens with zero attached hydrogens (tertiary/aromatic N) is 4. The van der Waals surface area contributed by atoms with E-state index >= 15 is 0 Å². The standard InChI is InChI=1S/C27H24Cl2F3N5O3/c1-40-18-6-7-20(29)22(11-18)37-23-13-33-9-8-21(23)36(26(37)39)14-15-2-4-17(5-3-15)35-25(38)19-10-16(28)12-34-24(19)27(30,31)32/h6-13,15,17H,2-5,14H2,1H3,(H,35,38)/t15-,17-. The monoisotopic (exact) mass is 593 g/mol. The van der Waals surface area contributed by atoms with Crippen molar-refractivity contribution in [2.45, 2.75) is 44.4 Å². The molecule has 1 fully saturated rings. The molecule has 0 aliphatic heterocycles. The van der Waals surface area contributed by atoms with E-state index in [4.69, 9.17) is 27.9 Å². The van der Waals surface area contributed by atoms with Crippen molar-refractivity contribution in [2.75, 3.05) is 7.11 Å². The maximum absolute atomic E-state index is 13.7. The van der Waals surface area contributed by atoms with Crippen molar-refractivity contribution in [2.24, 2.45) is 5.92 Å². The van der Waals surface area contributed by atoms with Gasteiger partial charge in [0.1, 0.15) is 5.75 Å². The Kier molecular flexibility index (Phi) is 7.78. The van der Waals surface area contributed by atoms with Crippen LogP contribution in [0, 0.1) is 5.92 Å². The zero-order valence-electron chi connectivity index (χ0n) is 21.2. The molecule has 0 bridgehead atoms. The zero-order valence-corrected chi connectivity index (χ0v) is 22.7. The molecule has 40 heavy (non-hydrogen) atoms. The Balaban J connectivity index is 1.33. The number of rotatable bonds is 6. The minimum absolute atomic E-state index is 0.0584. The van der Waals surface area contributed by atoms with Crippen molar-refractivity contribution in [3.63, 3.8) is 0 Å². The van der Waals surface area contributed by atoms with Crippen molar-refractivity contribution in [1.29, 1.82) is 0 Å². The third kappa shape index (κ3) is 5.53. The maximum atomic E-state index is 13.7. The first-order valence-corrected chi connectivity index (χ1v) is 13.2. The number of ether oxygens (including phenoxy) is 1. The van der Waals surface area contributed by atoms with Gasteiger partial charge in [0.05, 0.1) is 45.6 Å². The summed E-state index contributed by atoms with van der Waals surface area (Å²) in [4.78, 5) is 33.9. The van der Waals surface area contributed by atoms with Crippen LogP contribution in [-0.2, 0) is 12.7 Å². The summed E-state index contributed by atoms with van der Waals surface area (Å²) < 4.78 is 48.6. The van der Waals surface area contributed by atoms with Crippen molar-refractivity contribution < 1.29 is 22.7 Å². The molecule has 1 amide bonds. The molecule has 0 radical (unpaired) electrons. The second-order valence-electron chi connectivity index (χ2n) is 9.65. The predicted molar refractivity (Wildman–Crippen MR) is 144 cm³/mol. The zero-order chi connectivity index (χ0) is 28.6. The average molecular weight is 594 g/mol. The highest BCUT2D eigenvalue weighted by molar-refractivity contribution is 6.32. The number of aromatic nitrogens is 4. The molecule has 4 aromatic rings. The van der Waals surface area contributed by atoms with Crippen molar-refractivity contribution in [3.05, 3.63) is 80.7 Å². The van der Waals surface area contributed by atoms with Crippen molar-refractivity contribution >= 4 is 40.1 Å². The number of imidazole rings is 1. The molecule has 0 unspecified atom stereocenters. The van der Waals surface area contributed by atoms with E-state index in [-0.39, 0.29) is 22.7 Å². The van der Waals surface area contributed by atoms with Gasteiger partial charge >= 0.3 is 11.9 Å². The smallest absolute Gasteiger partial charge is 0.434 e. The highest BCUT2D eigenvalue weighted by Gasteiger charge is 2.38. The van der Waals surface area contributed by atoms with Gasteiger partial charge in [-0.2, -0.15) is 13.2 Å². The number of carbonyl (C=O) groups is 1. The Morgan fingerprint density at radius 2 is 1.85 bits per heavy atom. The van der Waals surface area contributed by atoms with Crippen LogP contribution >= 0.6 is 23.2 Å². The van der Waals surface area contributed by atoms with E-state index in [1.807, 2.05) is 0 Å². The SMILES string of the molecule is COc1ccc(Cl)c(-n2c(=O)n(C[C@H]3CC[C@H](NC(=O)c4cc(Cl)cnc4C(F)(F)F)CC3)c3ccncc32)c1. The van der Waals surface area contributed by atoms with Crippen LogP contribution in [0.4, 0.5) is 13.2 Å². The third-order valence-corrected chi connectivity index (χ3v) is 7.64. The molecule has 3 heterocycles. The fraction of sp³-hybridized carbons (Fsp3) is 0.333. The normalized spacial score (nSPS) is 17.6. The number of carbonyl (C=O) groups excluding carboxylic acids is 1. The Morgan fingerprint density at radius 1 is 1.10 bits per heavy atom. The van der Waals surface area contributed by atoms with Gasteiger partial charge < -0.3 is 10.1 Å². The van der Waals surface area contributed by atoms with Crippen LogP contribution in [0.2, 0.25) is 10.0 Å². The van der Waals surface area contributed by atoms with Crippen LogP contribution in [0.3, 0.4) is 0 Å². The van der Waals surface area contributed by atoms with Gasteiger partial charge in [-0.05, 0) is 55.9 Å². The van der Waals surface area contributed by atoms with Gasteiger partial charge in [0, 0.05) is 31.0 Å². The lowest BCUT2D eigenvalue weighted by Crippen LogP contribution is -2.39. The summed E-state index contributed by atoms with van der Waals surface area (Å²) in [6.45, 7) is 0.422. The molecule has 5 rings (SSSR count). The molecule has 1 aliphatic carbocycles. The topological polar surface area (TPSA) is 91.0 Å². The molecule has 0 saturated heterocycles. The second-order valence-corrected chi connectivity index (χ2v) is 10.5. The lowest BCUT2D eigenvalue weighted by molar-refractivity contribution is -0.141. The van der Waals surface area contributed by atoms with E-state index in [1.165, 1.54) is 11.7 Å². The Bertz CT molecular complexity index is 1630. The molecule has 1 N–H and O–H groups in total. The molecule has 3 aromatic heterocycles. The minimum Gasteiger partial charge on any atom is -0.497 e. The first-order valence-electron chi connectivity index (χ1n) is 12.5. The quantitative estimate of drug-likeness (QED) is 0.300. The number of amides is 1. The van der Waals surface area contributed by atoms with Crippen LogP contribution in [0.15, 0.2) is 53.7 Å². The van der Waals surface area contributed by atoms with Crippen LogP contribution in [-0.4, -0.2) is 38.2 Å². The third-order valence-electron chi connectivity index (χ3n) is 7.12. The second kappa shape index (κ2) is 11.1. The highest BCUT2D eigenvalue weighted by Crippen LogP contribution is 2.33. The molecular weight excluding hydrogens is 570 g/mol. The molecule has 0 atom stereocenters. The van der Waals surface area contributed by atoms with Gasteiger partial charge in [0.25, 0.3) is 5.91 Å². The van der Waals surface area contributed by atoms with Crippen LogP contribution in [0.25, 0.3) is 16.7 Å². The van der Waals surface area contributed by atoms with E-state index in [1.54, 1.807) is 41.2 Å². The van der Waals surface area contributed by atoms with Crippen molar-refractivity contribution in [1.82, 2.24) is 24.4 Å². The number of benzene rings is 1. The molecule has 1 saturated carbocycles. The molecule has 1 aromatic carbocycles. The Hall–Kier alpha value is -3.57. The number of alkyl halides is 3. The molecule has 13 heteroatoms. The lowest BCUT2D eigenvalue weighted by atomic mass is 9.85. The number of pyridine rings is 2. The number of hydrogen-bond acceptors (Lipinski definition) is 5. The molecule has 8 nitrogen and oxygen atoms in total. The number of halogens is 5. The van der Waals surface area contributed by atoms with Gasteiger partial charge in [0.2, 0.25) is 0 Å². The lowest BCUT2D eigenvalue weighted by Gasteiger charge is -2.29. The van der Waals surface area contributed by atoms with Crippen LogP contribution in [0.1, 0.15) is 41.7 Å². The van der Waals surface area contributed by atoms with Crippen LogP contribution in [0.5, 0.6) is 5.75 Å².